The predicted octanol–water partition coefficient (Wildman–Crippen LogP) is 4.64. The molecule has 0 rings (SSSR count). The second-order valence-electron chi connectivity index (χ2n) is 0.422. The van der Waals surface area contributed by atoms with Crippen molar-refractivity contribution in [3.05, 3.63) is 0 Å². The topological polar surface area (TPSA) is 0 Å². The Balaban J connectivity index is 0. The second-order valence-corrected chi connectivity index (χ2v) is 17.6. The Morgan fingerprint density at radius 2 is 1.00 bits per heavy atom. The van der Waals surface area contributed by atoms with Gasteiger partial charge >= 0.3 is 41.5 Å². The van der Waals surface area contributed by atoms with Crippen LogP contribution < -0.4 is 0 Å². The molecule has 0 aliphatic heterocycles. The van der Waals surface area contributed by atoms with Gasteiger partial charge in [-0.25, -0.2) is 0 Å². The number of halogens is 6. The molecule has 0 radical (unpaired) electrons. The van der Waals surface area contributed by atoms with Gasteiger partial charge in [-0.15, -0.1) is 0 Å². The molecule has 0 heterocycles. The maximum atomic E-state index is 4.93. The van der Waals surface area contributed by atoms with Crippen molar-refractivity contribution >= 4 is 97.9 Å². The summed E-state index contributed by atoms with van der Waals surface area (Å²) in [6, 6.07) is 0. The number of rotatable bonds is 0. The molecule has 0 amide bonds. The summed E-state index contributed by atoms with van der Waals surface area (Å²) in [6.07, 6.45) is 0. The summed E-state index contributed by atoms with van der Waals surface area (Å²) in [6.45, 7) is 0. The molecule has 8 heavy (non-hydrogen) atoms. The van der Waals surface area contributed by atoms with Crippen LogP contribution in [-0.4, -0.2) is -0.0619 Å². The van der Waals surface area contributed by atoms with Gasteiger partial charge in [0.25, 0.3) is 0 Å². The molecule has 0 saturated carbocycles. The first-order valence-corrected chi connectivity index (χ1v) is 10.1. The van der Waals surface area contributed by atoms with Crippen LogP contribution in [0.3, 0.4) is 0 Å². The van der Waals surface area contributed by atoms with Gasteiger partial charge in [-0.3, -0.25) is 0 Å². The van der Waals surface area contributed by atoms with Crippen LogP contribution in [0.2, 0.25) is 0 Å². The minimum atomic E-state index is -1.62. The zero-order valence-corrected chi connectivity index (χ0v) is 13.3. The second kappa shape index (κ2) is 10.6. The van der Waals surface area contributed by atoms with Crippen molar-refractivity contribution in [1.29, 1.82) is 0 Å². The minimum absolute atomic E-state index is 0.743. The monoisotopic (exact) mass is 551 g/mol. The van der Waals surface area contributed by atoms with Crippen LogP contribution in [0.1, 0.15) is 0 Å². The van der Waals surface area contributed by atoms with E-state index >= 15 is 0 Å². The zero-order valence-electron chi connectivity index (χ0n) is 3.25. The third-order valence-corrected chi connectivity index (χ3v) is 0. The normalized spacial score (nSPS) is 9.00. The molecule has 0 saturated heterocycles. The molecule has 0 aromatic carbocycles. The molecular weight excluding hydrogens is 551 g/mol. The standard InChI is InChI=1S/CHI3.3ClH.Cr/c2-1(3)4;;;;/h1H;3*1H;/q;;;;+3/p-3. The van der Waals surface area contributed by atoms with E-state index in [-0.39, 0.29) is 0 Å². The van der Waals surface area contributed by atoms with Gasteiger partial charge in [0.1, 0.15) is -0.0619 Å². The van der Waals surface area contributed by atoms with Crippen molar-refractivity contribution in [2.24, 2.45) is 0 Å². The van der Waals surface area contributed by atoms with E-state index in [0.29, 0.717) is 0 Å². The molecule has 0 spiro atoms. The van der Waals surface area contributed by atoms with Crippen molar-refractivity contribution in [3.8, 4) is 0 Å². The summed E-state index contributed by atoms with van der Waals surface area (Å²) in [5.41, 5.74) is 0. The first-order valence-electron chi connectivity index (χ1n) is 1.12. The summed E-state index contributed by atoms with van der Waals surface area (Å²) in [4.78, 5) is 0. The average Bonchev–Trinajstić information content (AvgIpc) is 1.25. The molecular formula is CHCl3CrI3. The fourth-order valence-corrected chi connectivity index (χ4v) is 0. The van der Waals surface area contributed by atoms with E-state index < -0.39 is 11.4 Å². The Kier molecular flexibility index (Phi) is 18.7. The van der Waals surface area contributed by atoms with E-state index in [1.165, 1.54) is 0 Å². The van der Waals surface area contributed by atoms with Gasteiger partial charge in [0.15, 0.2) is 0 Å². The van der Waals surface area contributed by atoms with E-state index in [0.717, 1.165) is -0.0619 Å². The quantitative estimate of drug-likeness (QED) is 0.304. The van der Waals surface area contributed by atoms with E-state index in [2.05, 4.69) is 67.8 Å². The van der Waals surface area contributed by atoms with Crippen LogP contribution in [0.5, 0.6) is 0 Å². The Bertz CT molecular complexity index is 30.0. The number of hydrogen-bond acceptors (Lipinski definition) is 0. The molecule has 0 bridgehead atoms. The molecule has 0 nitrogen and oxygen atoms in total. The summed E-state index contributed by atoms with van der Waals surface area (Å²) >= 11 is 5.33. The van der Waals surface area contributed by atoms with Gasteiger partial charge in [0.2, 0.25) is 0 Å². The Morgan fingerprint density at radius 1 is 1.00 bits per heavy atom. The van der Waals surface area contributed by atoms with Crippen molar-refractivity contribution in [3.63, 3.8) is 0 Å². The third kappa shape index (κ3) is 54.9. The maximum absolute atomic E-state index is 4.93. The first-order chi connectivity index (χ1) is 3.46. The Morgan fingerprint density at radius 3 is 1.00 bits per heavy atom. The van der Waals surface area contributed by atoms with Gasteiger partial charge in [-0.1, -0.05) is 67.8 Å². The van der Waals surface area contributed by atoms with Gasteiger partial charge < -0.3 is 0 Å². The molecule has 0 aromatic rings. The van der Waals surface area contributed by atoms with Crippen LogP contribution in [0.25, 0.3) is 0 Å². The molecule has 7 heteroatoms. The average molecular weight is 552 g/mol. The predicted molar refractivity (Wildman–Crippen MR) is 63.4 cm³/mol. The number of alkyl halides is 3. The molecule has 0 fully saturated rings. The summed E-state index contributed by atoms with van der Waals surface area (Å²) < 4.78 is 0.743. The van der Waals surface area contributed by atoms with Crippen LogP contribution in [-0.2, 0) is 11.4 Å². The van der Waals surface area contributed by atoms with Gasteiger partial charge in [0.05, 0.1) is 0 Å². The van der Waals surface area contributed by atoms with Crippen molar-refractivity contribution < 1.29 is 11.4 Å². The van der Waals surface area contributed by atoms with Gasteiger partial charge in [-0.2, -0.15) is 0 Å². The third-order valence-electron chi connectivity index (χ3n) is 0. The van der Waals surface area contributed by atoms with Crippen LogP contribution in [0.4, 0.5) is 0 Å². The Hall–Kier alpha value is 3.59. The van der Waals surface area contributed by atoms with Crippen LogP contribution in [0.15, 0.2) is 0 Å². The van der Waals surface area contributed by atoms with Gasteiger partial charge in [-0.05, 0) is 0 Å². The summed E-state index contributed by atoms with van der Waals surface area (Å²) in [5.74, 6) is 0. The van der Waals surface area contributed by atoms with E-state index in [1.807, 2.05) is 0 Å². The van der Waals surface area contributed by atoms with Crippen molar-refractivity contribution in [2.75, 3.05) is 0 Å². The molecule has 0 atom stereocenters. The number of hydrogen-bond donors (Lipinski definition) is 0. The van der Waals surface area contributed by atoms with Crippen LogP contribution >= 0.6 is 97.9 Å². The van der Waals surface area contributed by atoms with Crippen LogP contribution in [0, 0.1) is 0 Å². The Labute approximate surface area is 107 Å². The molecule has 0 aliphatic rings. The fraction of sp³-hybridized carbons (Fsp3) is 1.00. The SMILES string of the molecule is IC(I)I.[Cl][Cr]([Cl])[Cl]. The van der Waals surface area contributed by atoms with Crippen molar-refractivity contribution in [2.45, 2.75) is -0.0619 Å². The first kappa shape index (κ1) is 14.1. The fourth-order valence-electron chi connectivity index (χ4n) is 0. The van der Waals surface area contributed by atoms with E-state index in [4.69, 9.17) is 30.1 Å². The molecule has 0 aliphatic carbocycles. The molecule has 53 valence electrons. The molecule has 0 unspecified atom stereocenters. The van der Waals surface area contributed by atoms with Crippen molar-refractivity contribution in [1.82, 2.24) is 0 Å². The zero-order chi connectivity index (χ0) is 7.15. The van der Waals surface area contributed by atoms with E-state index in [1.54, 1.807) is 0 Å². The molecule has 0 N–H and O–H groups in total. The summed E-state index contributed by atoms with van der Waals surface area (Å²) in [5, 5.41) is 0. The van der Waals surface area contributed by atoms with E-state index in [9.17, 15) is 0 Å². The summed E-state index contributed by atoms with van der Waals surface area (Å²) in [7, 11) is 14.8. The molecule has 0 aromatic heterocycles. The van der Waals surface area contributed by atoms with Gasteiger partial charge in [0, 0.05) is 0 Å².